The van der Waals surface area contributed by atoms with Crippen LogP contribution in [0.5, 0.6) is 0 Å². The van der Waals surface area contributed by atoms with Crippen LogP contribution in [-0.2, 0) is 0 Å². The number of hydrogen-bond acceptors (Lipinski definition) is 4. The Labute approximate surface area is 304 Å². The zero-order valence-electron chi connectivity index (χ0n) is 28.5. The smallest absolute Gasteiger partial charge is 0.162 e. The zero-order chi connectivity index (χ0) is 34.9. The maximum absolute atomic E-state index is 6.55. The molecule has 4 heteroatoms. The van der Waals surface area contributed by atoms with Crippen LogP contribution in [-0.4, -0.2) is 15.0 Å². The minimum absolute atomic E-state index is 0.809. The average molecular weight is 676 g/mol. The Morgan fingerprint density at radius 3 is 1.74 bits per heavy atom. The Hall–Kier alpha value is -7.17. The first-order valence-corrected chi connectivity index (χ1v) is 17.8. The Balaban J connectivity index is 0.994. The molecule has 0 radical (unpaired) electrons. The van der Waals surface area contributed by atoms with Gasteiger partial charge in [0.2, 0.25) is 0 Å². The molecule has 0 spiro atoms. The first kappa shape index (κ1) is 29.5. The van der Waals surface area contributed by atoms with Crippen LogP contribution in [0, 0.1) is 0 Å². The Morgan fingerprint density at radius 1 is 0.358 bits per heavy atom. The van der Waals surface area contributed by atoms with Crippen molar-refractivity contribution in [1.82, 2.24) is 15.0 Å². The van der Waals surface area contributed by atoms with E-state index in [1.807, 2.05) is 30.3 Å². The predicted octanol–water partition coefficient (Wildman–Crippen LogP) is 13.1. The molecule has 0 bridgehead atoms. The van der Waals surface area contributed by atoms with E-state index in [1.54, 1.807) is 0 Å². The number of nitrogens with zero attached hydrogens (tertiary/aromatic N) is 3. The molecule has 7 aromatic carbocycles. The van der Waals surface area contributed by atoms with Crippen molar-refractivity contribution in [2.45, 2.75) is 0 Å². The van der Waals surface area contributed by atoms with Crippen molar-refractivity contribution >= 4 is 65.4 Å². The van der Waals surface area contributed by atoms with E-state index in [-0.39, 0.29) is 0 Å². The topological polar surface area (TPSA) is 51.8 Å². The van der Waals surface area contributed by atoms with Gasteiger partial charge in [-0.15, -0.1) is 0 Å². The van der Waals surface area contributed by atoms with Crippen molar-refractivity contribution in [3.8, 4) is 44.9 Å². The molecular weight excluding hydrogens is 647 g/mol. The number of aromatic nitrogens is 3. The summed E-state index contributed by atoms with van der Waals surface area (Å²) in [6.45, 7) is 0. The summed E-state index contributed by atoms with van der Waals surface area (Å²) in [5, 5.41) is 7.80. The molecule has 4 heterocycles. The minimum Gasteiger partial charge on any atom is -0.454 e. The quantitative estimate of drug-likeness (QED) is 0.138. The highest BCUT2D eigenvalue weighted by Crippen LogP contribution is 2.41. The molecule has 0 saturated carbocycles. The molecule has 0 aliphatic heterocycles. The van der Waals surface area contributed by atoms with E-state index >= 15 is 0 Å². The van der Waals surface area contributed by atoms with E-state index in [9.17, 15) is 0 Å². The molecule has 246 valence electrons. The summed E-state index contributed by atoms with van der Waals surface area (Å²) in [4.78, 5) is 15.5. The Morgan fingerprint density at radius 2 is 0.962 bits per heavy atom. The molecular formula is C49H29N3O. The maximum Gasteiger partial charge on any atom is 0.162 e. The van der Waals surface area contributed by atoms with Gasteiger partial charge in [0.1, 0.15) is 11.3 Å². The second kappa shape index (κ2) is 11.7. The fourth-order valence-corrected chi connectivity index (χ4v) is 7.74. The third-order valence-corrected chi connectivity index (χ3v) is 10.4. The molecule has 4 aromatic heterocycles. The standard InChI is InChI=1S/C49H29N3O/c1-2-9-31(10-3-1)41-25-23-32-21-22-33-24-26-42(51-47(33)46(32)50-41)38-14-8-13-35(27-38)30-17-19-34(20-18-30)48-49-45(39-15-6-7-16-44(39)53-49)40-28-36-11-4-5-12-37(36)29-43(40)52-48/h1-29H. The molecule has 0 aliphatic carbocycles. The number of pyridine rings is 3. The van der Waals surface area contributed by atoms with E-state index in [0.29, 0.717) is 0 Å². The van der Waals surface area contributed by atoms with Crippen LogP contribution in [0.4, 0.5) is 0 Å². The zero-order valence-corrected chi connectivity index (χ0v) is 28.5. The SMILES string of the molecule is c1ccc(-c2ccc3ccc4ccc(-c5cccc(-c6ccc(-c7nc8cc9ccccc9cc8c8c7oc7ccccc78)cc6)c5)nc4c3n2)cc1. The van der Waals surface area contributed by atoms with Gasteiger partial charge in [-0.1, -0.05) is 140 Å². The molecule has 11 aromatic rings. The Kier molecular flexibility index (Phi) is 6.52. The van der Waals surface area contributed by atoms with Gasteiger partial charge < -0.3 is 4.42 Å². The van der Waals surface area contributed by atoms with E-state index in [2.05, 4.69) is 146 Å². The third kappa shape index (κ3) is 4.88. The molecule has 0 amide bonds. The highest BCUT2D eigenvalue weighted by Gasteiger charge is 2.18. The van der Waals surface area contributed by atoms with Gasteiger partial charge in [0, 0.05) is 43.6 Å². The van der Waals surface area contributed by atoms with Crippen LogP contribution in [0.3, 0.4) is 0 Å². The lowest BCUT2D eigenvalue weighted by Gasteiger charge is -2.10. The molecule has 0 N–H and O–H groups in total. The van der Waals surface area contributed by atoms with Crippen LogP contribution < -0.4 is 0 Å². The lowest BCUT2D eigenvalue weighted by molar-refractivity contribution is 0.669. The van der Waals surface area contributed by atoms with Gasteiger partial charge in [-0.05, 0) is 58.3 Å². The molecule has 11 rings (SSSR count). The first-order chi connectivity index (χ1) is 26.2. The van der Waals surface area contributed by atoms with Gasteiger partial charge in [0.25, 0.3) is 0 Å². The minimum atomic E-state index is 0.809. The fraction of sp³-hybridized carbons (Fsp3) is 0. The summed E-state index contributed by atoms with van der Waals surface area (Å²) in [6.07, 6.45) is 0. The maximum atomic E-state index is 6.55. The summed E-state index contributed by atoms with van der Waals surface area (Å²) in [5.41, 5.74) is 12.5. The molecule has 4 nitrogen and oxygen atoms in total. The summed E-state index contributed by atoms with van der Waals surface area (Å²) < 4.78 is 6.55. The number of hydrogen-bond donors (Lipinski definition) is 0. The lowest BCUT2D eigenvalue weighted by atomic mass is 9.97. The molecule has 0 atom stereocenters. The van der Waals surface area contributed by atoms with E-state index in [4.69, 9.17) is 19.4 Å². The molecule has 53 heavy (non-hydrogen) atoms. The van der Waals surface area contributed by atoms with E-state index in [1.165, 1.54) is 10.8 Å². The van der Waals surface area contributed by atoms with Crippen molar-refractivity contribution in [2.24, 2.45) is 0 Å². The average Bonchev–Trinajstić information content (AvgIpc) is 3.63. The molecule has 0 saturated heterocycles. The normalized spacial score (nSPS) is 11.8. The fourth-order valence-electron chi connectivity index (χ4n) is 7.74. The molecule has 0 aliphatic rings. The largest absolute Gasteiger partial charge is 0.454 e. The van der Waals surface area contributed by atoms with E-state index < -0.39 is 0 Å². The summed E-state index contributed by atoms with van der Waals surface area (Å²) in [5.74, 6) is 0. The van der Waals surface area contributed by atoms with Crippen molar-refractivity contribution in [3.05, 3.63) is 176 Å². The van der Waals surface area contributed by atoms with Crippen LogP contribution in [0.25, 0.3) is 110 Å². The van der Waals surface area contributed by atoms with E-state index in [0.717, 1.165) is 99.5 Å². The number of benzene rings is 7. The number of rotatable bonds is 4. The summed E-state index contributed by atoms with van der Waals surface area (Å²) >= 11 is 0. The van der Waals surface area contributed by atoms with Gasteiger partial charge in [0.15, 0.2) is 5.58 Å². The number of para-hydroxylation sites is 1. The second-order valence-corrected chi connectivity index (χ2v) is 13.6. The molecule has 0 unspecified atom stereocenters. The first-order valence-electron chi connectivity index (χ1n) is 17.8. The lowest BCUT2D eigenvalue weighted by Crippen LogP contribution is -1.91. The summed E-state index contributed by atoms with van der Waals surface area (Å²) in [6, 6.07) is 61.4. The van der Waals surface area contributed by atoms with Crippen LogP contribution in [0.1, 0.15) is 0 Å². The monoisotopic (exact) mass is 675 g/mol. The van der Waals surface area contributed by atoms with Crippen LogP contribution >= 0.6 is 0 Å². The van der Waals surface area contributed by atoms with Crippen molar-refractivity contribution in [2.75, 3.05) is 0 Å². The van der Waals surface area contributed by atoms with Crippen molar-refractivity contribution < 1.29 is 4.42 Å². The van der Waals surface area contributed by atoms with Crippen molar-refractivity contribution in [1.29, 1.82) is 0 Å². The number of furan rings is 1. The van der Waals surface area contributed by atoms with Crippen LogP contribution in [0.15, 0.2) is 180 Å². The highest BCUT2D eigenvalue weighted by molar-refractivity contribution is 6.22. The van der Waals surface area contributed by atoms with Gasteiger partial charge in [-0.25, -0.2) is 15.0 Å². The van der Waals surface area contributed by atoms with Crippen molar-refractivity contribution in [3.63, 3.8) is 0 Å². The summed E-state index contributed by atoms with van der Waals surface area (Å²) in [7, 11) is 0. The third-order valence-electron chi connectivity index (χ3n) is 10.4. The van der Waals surface area contributed by atoms with Gasteiger partial charge in [0.05, 0.1) is 27.9 Å². The van der Waals surface area contributed by atoms with Gasteiger partial charge in [-0.3, -0.25) is 0 Å². The number of fused-ring (bicyclic) bond motifs is 9. The Bertz CT molecular complexity index is 3220. The second-order valence-electron chi connectivity index (χ2n) is 13.6. The molecule has 0 fully saturated rings. The van der Waals surface area contributed by atoms with Crippen LogP contribution in [0.2, 0.25) is 0 Å². The van der Waals surface area contributed by atoms with Gasteiger partial charge in [-0.2, -0.15) is 0 Å². The predicted molar refractivity (Wildman–Crippen MR) is 219 cm³/mol. The van der Waals surface area contributed by atoms with Gasteiger partial charge >= 0.3 is 0 Å². The highest BCUT2D eigenvalue weighted by atomic mass is 16.3.